The lowest BCUT2D eigenvalue weighted by Crippen LogP contribution is -2.30. The minimum Gasteiger partial charge on any atom is -0.480 e. The summed E-state index contributed by atoms with van der Waals surface area (Å²) in [7, 11) is 3.18. The zero-order chi connectivity index (χ0) is 14.4. The van der Waals surface area contributed by atoms with E-state index in [0.29, 0.717) is 17.7 Å². The van der Waals surface area contributed by atoms with Crippen molar-refractivity contribution in [2.75, 3.05) is 34.0 Å². The topological polar surface area (TPSA) is 65.5 Å². The molecule has 1 fully saturated rings. The molecule has 1 aliphatic rings. The standard InChI is InChI=1S/C14H23N3O3/c1-4-6-15-12(10-5-7-20-9-10)13-14(19-3)17-11(18-2)8-16-13/h8,10,12,15H,4-7,9H2,1-3H3. The molecule has 20 heavy (non-hydrogen) atoms. The first kappa shape index (κ1) is 15.0. The van der Waals surface area contributed by atoms with Gasteiger partial charge in [0.2, 0.25) is 11.8 Å². The van der Waals surface area contributed by atoms with Gasteiger partial charge in [-0.2, -0.15) is 4.98 Å². The predicted octanol–water partition coefficient (Wildman–Crippen LogP) is 1.57. The van der Waals surface area contributed by atoms with Gasteiger partial charge in [0.1, 0.15) is 5.69 Å². The highest BCUT2D eigenvalue weighted by Crippen LogP contribution is 2.32. The minimum atomic E-state index is 0.103. The van der Waals surface area contributed by atoms with Crippen LogP contribution in [0.25, 0.3) is 0 Å². The van der Waals surface area contributed by atoms with E-state index in [4.69, 9.17) is 14.2 Å². The van der Waals surface area contributed by atoms with Crippen molar-refractivity contribution >= 4 is 0 Å². The molecule has 0 amide bonds. The number of hydrogen-bond donors (Lipinski definition) is 1. The molecule has 1 saturated heterocycles. The van der Waals surface area contributed by atoms with E-state index in [1.165, 1.54) is 0 Å². The molecule has 2 rings (SSSR count). The van der Waals surface area contributed by atoms with Gasteiger partial charge in [0.25, 0.3) is 0 Å². The Kier molecular flexibility index (Phi) is 5.55. The molecule has 0 aliphatic carbocycles. The van der Waals surface area contributed by atoms with Crippen LogP contribution in [-0.4, -0.2) is 43.9 Å². The second kappa shape index (κ2) is 7.40. The van der Waals surface area contributed by atoms with Crippen LogP contribution >= 0.6 is 0 Å². The highest BCUT2D eigenvalue weighted by atomic mass is 16.5. The summed E-state index contributed by atoms with van der Waals surface area (Å²) in [5, 5.41) is 3.54. The Labute approximate surface area is 119 Å². The van der Waals surface area contributed by atoms with Crippen molar-refractivity contribution in [3.05, 3.63) is 11.9 Å². The Bertz CT molecular complexity index is 422. The number of methoxy groups -OCH3 is 2. The molecule has 1 aliphatic heterocycles. The van der Waals surface area contributed by atoms with Gasteiger partial charge in [-0.15, -0.1) is 0 Å². The molecule has 2 unspecified atom stereocenters. The smallest absolute Gasteiger partial charge is 0.240 e. The van der Waals surface area contributed by atoms with E-state index in [1.54, 1.807) is 20.4 Å². The summed E-state index contributed by atoms with van der Waals surface area (Å²) >= 11 is 0. The number of nitrogens with one attached hydrogen (secondary N) is 1. The van der Waals surface area contributed by atoms with Crippen LogP contribution in [0.15, 0.2) is 6.20 Å². The molecule has 0 spiro atoms. The molecular formula is C14H23N3O3. The summed E-state index contributed by atoms with van der Waals surface area (Å²) in [6.45, 7) is 4.63. The average molecular weight is 281 g/mol. The Balaban J connectivity index is 2.26. The molecule has 0 bridgehead atoms. The highest BCUT2D eigenvalue weighted by Gasteiger charge is 2.30. The Hall–Kier alpha value is -1.40. The predicted molar refractivity (Wildman–Crippen MR) is 75.1 cm³/mol. The lowest BCUT2D eigenvalue weighted by atomic mass is 9.96. The summed E-state index contributed by atoms with van der Waals surface area (Å²) in [5.74, 6) is 1.38. The van der Waals surface area contributed by atoms with Crippen LogP contribution < -0.4 is 14.8 Å². The first-order valence-corrected chi connectivity index (χ1v) is 7.06. The van der Waals surface area contributed by atoms with Gasteiger partial charge in [-0.1, -0.05) is 6.92 Å². The molecule has 112 valence electrons. The van der Waals surface area contributed by atoms with Crippen molar-refractivity contribution in [3.63, 3.8) is 0 Å². The van der Waals surface area contributed by atoms with E-state index in [9.17, 15) is 0 Å². The van der Waals surface area contributed by atoms with Crippen molar-refractivity contribution in [1.29, 1.82) is 0 Å². The fourth-order valence-corrected chi connectivity index (χ4v) is 2.43. The number of hydrogen-bond acceptors (Lipinski definition) is 6. The van der Waals surface area contributed by atoms with Crippen molar-refractivity contribution in [2.45, 2.75) is 25.8 Å². The van der Waals surface area contributed by atoms with Gasteiger partial charge >= 0.3 is 0 Å². The number of ether oxygens (including phenoxy) is 3. The third-order valence-electron chi connectivity index (χ3n) is 3.49. The zero-order valence-corrected chi connectivity index (χ0v) is 12.4. The van der Waals surface area contributed by atoms with Gasteiger partial charge < -0.3 is 19.5 Å². The van der Waals surface area contributed by atoms with E-state index in [1.807, 2.05) is 0 Å². The number of aromatic nitrogens is 2. The van der Waals surface area contributed by atoms with Crippen LogP contribution in [0.5, 0.6) is 11.8 Å². The molecule has 0 aromatic carbocycles. The Morgan fingerprint density at radius 2 is 2.30 bits per heavy atom. The lowest BCUT2D eigenvalue weighted by Gasteiger charge is -2.24. The van der Waals surface area contributed by atoms with Crippen molar-refractivity contribution in [1.82, 2.24) is 15.3 Å². The third kappa shape index (κ3) is 3.37. The summed E-state index contributed by atoms with van der Waals surface area (Å²) in [6.07, 6.45) is 3.72. The summed E-state index contributed by atoms with van der Waals surface area (Å²) in [6, 6.07) is 0.103. The van der Waals surface area contributed by atoms with E-state index < -0.39 is 0 Å². The fraction of sp³-hybridized carbons (Fsp3) is 0.714. The van der Waals surface area contributed by atoms with Crippen LogP contribution in [0.2, 0.25) is 0 Å². The minimum absolute atomic E-state index is 0.103. The average Bonchev–Trinajstić information content (AvgIpc) is 3.02. The molecule has 6 nitrogen and oxygen atoms in total. The van der Waals surface area contributed by atoms with Crippen LogP contribution in [0.4, 0.5) is 0 Å². The van der Waals surface area contributed by atoms with E-state index >= 15 is 0 Å². The maximum atomic E-state index is 5.50. The van der Waals surface area contributed by atoms with Crippen LogP contribution in [-0.2, 0) is 4.74 Å². The van der Waals surface area contributed by atoms with Crippen LogP contribution in [0, 0.1) is 5.92 Å². The summed E-state index contributed by atoms with van der Waals surface area (Å²) < 4.78 is 16.0. The van der Waals surface area contributed by atoms with Gasteiger partial charge in [-0.25, -0.2) is 4.98 Å². The highest BCUT2D eigenvalue weighted by molar-refractivity contribution is 5.26. The van der Waals surface area contributed by atoms with E-state index in [-0.39, 0.29) is 6.04 Å². The quantitative estimate of drug-likeness (QED) is 0.818. The summed E-state index contributed by atoms with van der Waals surface area (Å²) in [5.41, 5.74) is 0.831. The van der Waals surface area contributed by atoms with E-state index in [0.717, 1.165) is 38.3 Å². The molecule has 1 N–H and O–H groups in total. The number of rotatable bonds is 7. The van der Waals surface area contributed by atoms with Gasteiger partial charge in [0.05, 0.1) is 33.1 Å². The molecule has 6 heteroatoms. The monoisotopic (exact) mass is 281 g/mol. The third-order valence-corrected chi connectivity index (χ3v) is 3.49. The molecule has 2 heterocycles. The molecule has 0 saturated carbocycles. The molecule has 0 radical (unpaired) electrons. The molecule has 1 aromatic heterocycles. The lowest BCUT2D eigenvalue weighted by molar-refractivity contribution is 0.175. The maximum Gasteiger partial charge on any atom is 0.240 e. The van der Waals surface area contributed by atoms with Gasteiger partial charge in [-0.3, -0.25) is 0 Å². The van der Waals surface area contributed by atoms with Crippen molar-refractivity contribution in [2.24, 2.45) is 5.92 Å². The molecular weight excluding hydrogens is 258 g/mol. The zero-order valence-electron chi connectivity index (χ0n) is 12.4. The molecule has 1 aromatic rings. The second-order valence-corrected chi connectivity index (χ2v) is 4.86. The second-order valence-electron chi connectivity index (χ2n) is 4.86. The molecule has 2 atom stereocenters. The van der Waals surface area contributed by atoms with Gasteiger partial charge in [0, 0.05) is 12.5 Å². The SMILES string of the molecule is CCCNC(c1ncc(OC)nc1OC)C1CCOC1. The van der Waals surface area contributed by atoms with Crippen LogP contribution in [0.3, 0.4) is 0 Å². The van der Waals surface area contributed by atoms with Gasteiger partial charge in [-0.05, 0) is 19.4 Å². The van der Waals surface area contributed by atoms with E-state index in [2.05, 4.69) is 22.2 Å². The Morgan fingerprint density at radius 3 is 2.90 bits per heavy atom. The van der Waals surface area contributed by atoms with Crippen LogP contribution in [0.1, 0.15) is 31.5 Å². The maximum absolute atomic E-state index is 5.50. The normalized spacial score (nSPS) is 19.9. The summed E-state index contributed by atoms with van der Waals surface area (Å²) in [4.78, 5) is 8.81. The Morgan fingerprint density at radius 1 is 1.45 bits per heavy atom. The number of nitrogens with zero attached hydrogens (tertiary/aromatic N) is 2. The fourth-order valence-electron chi connectivity index (χ4n) is 2.43. The van der Waals surface area contributed by atoms with Crippen molar-refractivity contribution in [3.8, 4) is 11.8 Å². The largest absolute Gasteiger partial charge is 0.480 e. The first-order valence-electron chi connectivity index (χ1n) is 7.06. The first-order chi connectivity index (χ1) is 9.80. The van der Waals surface area contributed by atoms with Crippen molar-refractivity contribution < 1.29 is 14.2 Å². The van der Waals surface area contributed by atoms with Gasteiger partial charge in [0.15, 0.2) is 0 Å².